The highest BCUT2D eigenvalue weighted by atomic mass is 16.3. The first kappa shape index (κ1) is 30.8. The van der Waals surface area contributed by atoms with Crippen LogP contribution in [0.4, 0.5) is 0 Å². The van der Waals surface area contributed by atoms with Crippen LogP contribution in [0.25, 0.3) is 116 Å². The van der Waals surface area contributed by atoms with E-state index < -0.39 is 0 Å². The van der Waals surface area contributed by atoms with Crippen LogP contribution < -0.4 is 0 Å². The molecule has 3 heterocycles. The highest BCUT2D eigenvalue weighted by Crippen LogP contribution is 2.40. The van der Waals surface area contributed by atoms with E-state index in [0.29, 0.717) is 17.5 Å². The van der Waals surface area contributed by atoms with Crippen LogP contribution in [0.5, 0.6) is 0 Å². The van der Waals surface area contributed by atoms with Gasteiger partial charge < -0.3 is 8.98 Å². The lowest BCUT2D eigenvalue weighted by Crippen LogP contribution is -2.03. The highest BCUT2D eigenvalue weighted by Gasteiger charge is 2.21. The summed E-state index contributed by atoms with van der Waals surface area (Å²) >= 11 is 0. The van der Waals surface area contributed by atoms with Crippen LogP contribution in [0.15, 0.2) is 186 Å². The Hall–Kier alpha value is -7.63. The molecule has 0 aliphatic carbocycles. The van der Waals surface area contributed by atoms with Crippen molar-refractivity contribution in [3.05, 3.63) is 182 Å². The van der Waals surface area contributed by atoms with Crippen LogP contribution in [-0.2, 0) is 0 Å². The molecule has 0 aliphatic rings. The van der Waals surface area contributed by atoms with Crippen LogP contribution in [0.2, 0.25) is 0 Å². The van der Waals surface area contributed by atoms with E-state index in [1.165, 1.54) is 37.7 Å². The van der Waals surface area contributed by atoms with Crippen molar-refractivity contribution in [3.8, 4) is 39.9 Å². The van der Waals surface area contributed by atoms with Crippen molar-refractivity contribution in [2.45, 2.75) is 0 Å². The minimum absolute atomic E-state index is 0.587. The summed E-state index contributed by atoms with van der Waals surface area (Å²) in [5.74, 6) is 1.79. The number of para-hydroxylation sites is 4. The number of furan rings is 1. The zero-order valence-corrected chi connectivity index (χ0v) is 30.0. The molecule has 0 fully saturated rings. The van der Waals surface area contributed by atoms with Gasteiger partial charge in [0.1, 0.15) is 11.2 Å². The molecule has 0 N–H and O–H groups in total. The third-order valence-corrected chi connectivity index (χ3v) is 11.2. The monoisotopic (exact) mass is 714 g/mol. The zero-order chi connectivity index (χ0) is 36.7. The second-order valence-corrected chi connectivity index (χ2v) is 14.4. The Bertz CT molecular complexity index is 3510. The summed E-state index contributed by atoms with van der Waals surface area (Å²) in [6.45, 7) is 0. The van der Waals surface area contributed by atoms with Gasteiger partial charge in [0, 0.05) is 38.2 Å². The number of benzene rings is 9. The fraction of sp³-hybridized carbons (Fsp3) is 0. The van der Waals surface area contributed by atoms with E-state index in [0.717, 1.165) is 60.7 Å². The quantitative estimate of drug-likeness (QED) is 0.170. The van der Waals surface area contributed by atoms with E-state index in [1.54, 1.807) is 0 Å². The molecule has 12 aromatic rings. The summed E-state index contributed by atoms with van der Waals surface area (Å²) in [7, 11) is 0. The van der Waals surface area contributed by atoms with Gasteiger partial charge in [0.05, 0.1) is 16.7 Å². The van der Waals surface area contributed by atoms with Gasteiger partial charge >= 0.3 is 0 Å². The first-order chi connectivity index (χ1) is 27.8. The van der Waals surface area contributed by atoms with Crippen molar-refractivity contribution in [2.75, 3.05) is 0 Å². The fourth-order valence-corrected chi connectivity index (χ4v) is 8.71. The van der Waals surface area contributed by atoms with Crippen LogP contribution in [0.3, 0.4) is 0 Å². The fourth-order valence-electron chi connectivity index (χ4n) is 8.71. The first-order valence-electron chi connectivity index (χ1n) is 18.9. The van der Waals surface area contributed by atoms with Crippen molar-refractivity contribution in [3.63, 3.8) is 0 Å². The van der Waals surface area contributed by atoms with Gasteiger partial charge in [0.25, 0.3) is 0 Å². The van der Waals surface area contributed by atoms with Crippen molar-refractivity contribution in [2.24, 2.45) is 0 Å². The van der Waals surface area contributed by atoms with E-state index >= 15 is 0 Å². The van der Waals surface area contributed by atoms with Crippen molar-refractivity contribution >= 4 is 76.1 Å². The normalized spacial score (nSPS) is 11.9. The molecule has 0 saturated heterocycles. The van der Waals surface area contributed by atoms with Gasteiger partial charge in [0.2, 0.25) is 0 Å². The molecule has 5 nitrogen and oxygen atoms in total. The van der Waals surface area contributed by atoms with E-state index in [4.69, 9.17) is 19.4 Å². The summed E-state index contributed by atoms with van der Waals surface area (Å²) in [5.41, 5.74) is 7.59. The van der Waals surface area contributed by atoms with Gasteiger partial charge in [-0.15, -0.1) is 0 Å². The lowest BCUT2D eigenvalue weighted by atomic mass is 9.96. The largest absolute Gasteiger partial charge is 0.456 e. The molecule has 12 rings (SSSR count). The Morgan fingerprint density at radius 2 is 0.911 bits per heavy atom. The summed E-state index contributed by atoms with van der Waals surface area (Å²) in [5, 5.41) is 11.7. The Labute approximate surface area is 320 Å². The summed E-state index contributed by atoms with van der Waals surface area (Å²) in [6, 6.07) is 63.9. The molecule has 56 heavy (non-hydrogen) atoms. The zero-order valence-electron chi connectivity index (χ0n) is 30.0. The Balaban J connectivity index is 1.12. The van der Waals surface area contributed by atoms with Gasteiger partial charge in [-0.25, -0.2) is 15.0 Å². The second kappa shape index (κ2) is 11.9. The van der Waals surface area contributed by atoms with E-state index in [2.05, 4.69) is 156 Å². The lowest BCUT2D eigenvalue weighted by Gasteiger charge is -2.15. The Morgan fingerprint density at radius 1 is 0.357 bits per heavy atom. The maximum Gasteiger partial charge on any atom is 0.166 e. The Morgan fingerprint density at radius 3 is 1.71 bits per heavy atom. The van der Waals surface area contributed by atoms with Gasteiger partial charge in [-0.2, -0.15) is 0 Å². The smallest absolute Gasteiger partial charge is 0.166 e. The van der Waals surface area contributed by atoms with E-state index in [1.807, 2.05) is 30.3 Å². The average molecular weight is 715 g/mol. The van der Waals surface area contributed by atoms with Crippen LogP contribution in [-0.4, -0.2) is 19.5 Å². The number of fused-ring (bicyclic) bond motifs is 11. The summed E-state index contributed by atoms with van der Waals surface area (Å²) < 4.78 is 8.66. The summed E-state index contributed by atoms with van der Waals surface area (Å²) in [6.07, 6.45) is 0. The third-order valence-electron chi connectivity index (χ3n) is 11.2. The molecule has 3 aromatic heterocycles. The number of rotatable bonds is 4. The molecule has 0 aliphatic heterocycles. The Kier molecular flexibility index (Phi) is 6.56. The standard InChI is InChI=1S/C51H30N4O/c1-2-13-34-31(12-1)24-28-37-35-27-26-33(30-32(35)25-29-36(34)37)49-52-50(54-51(53-49)42-18-11-23-47-48(42)41-17-6-10-22-46(41)56-47)40-16-5-9-21-45(40)55-43-19-7-3-14-38(43)39-15-4-8-20-44(39)55/h1-30H. The molecule has 0 spiro atoms. The maximum absolute atomic E-state index is 6.33. The predicted octanol–water partition coefficient (Wildman–Crippen LogP) is 13.3. The molecule has 9 aromatic carbocycles. The van der Waals surface area contributed by atoms with Gasteiger partial charge in [-0.1, -0.05) is 140 Å². The predicted molar refractivity (Wildman–Crippen MR) is 230 cm³/mol. The third kappa shape index (κ3) is 4.58. The number of nitrogens with zero attached hydrogens (tertiary/aromatic N) is 4. The molecule has 0 bridgehead atoms. The maximum atomic E-state index is 6.33. The molecule has 0 amide bonds. The van der Waals surface area contributed by atoms with Crippen LogP contribution >= 0.6 is 0 Å². The molecule has 0 saturated carbocycles. The average Bonchev–Trinajstić information content (AvgIpc) is 3.82. The molecule has 5 heteroatoms. The molecule has 0 unspecified atom stereocenters. The number of hydrogen-bond donors (Lipinski definition) is 0. The number of hydrogen-bond acceptors (Lipinski definition) is 4. The second-order valence-electron chi connectivity index (χ2n) is 14.4. The molecule has 0 atom stereocenters. The van der Waals surface area contributed by atoms with Gasteiger partial charge in [-0.05, 0) is 74.8 Å². The SMILES string of the molecule is c1ccc(-n2c3ccccc3c3ccccc32)c(-c2nc(-c3ccc4c(ccc5c6ccccc6ccc45)c3)nc(-c3cccc4oc5ccccc5c34)n2)c1. The minimum atomic E-state index is 0.587. The van der Waals surface area contributed by atoms with Crippen LogP contribution in [0, 0.1) is 0 Å². The van der Waals surface area contributed by atoms with Crippen molar-refractivity contribution < 1.29 is 4.42 Å². The van der Waals surface area contributed by atoms with E-state index in [9.17, 15) is 0 Å². The van der Waals surface area contributed by atoms with Crippen LogP contribution in [0.1, 0.15) is 0 Å². The first-order valence-corrected chi connectivity index (χ1v) is 18.9. The van der Waals surface area contributed by atoms with Gasteiger partial charge in [-0.3, -0.25) is 0 Å². The minimum Gasteiger partial charge on any atom is -0.456 e. The summed E-state index contributed by atoms with van der Waals surface area (Å²) in [4.78, 5) is 15.9. The van der Waals surface area contributed by atoms with Crippen molar-refractivity contribution in [1.29, 1.82) is 0 Å². The number of aromatic nitrogens is 4. The van der Waals surface area contributed by atoms with E-state index in [-0.39, 0.29) is 0 Å². The molecule has 260 valence electrons. The molecular formula is C51H30N4O. The van der Waals surface area contributed by atoms with Crippen molar-refractivity contribution in [1.82, 2.24) is 19.5 Å². The van der Waals surface area contributed by atoms with Gasteiger partial charge in [0.15, 0.2) is 17.5 Å². The topological polar surface area (TPSA) is 56.7 Å². The molecule has 0 radical (unpaired) electrons. The lowest BCUT2D eigenvalue weighted by molar-refractivity contribution is 0.669. The molecular weight excluding hydrogens is 685 g/mol. The highest BCUT2D eigenvalue weighted by molar-refractivity contribution is 6.18.